The second kappa shape index (κ2) is 9.43. The lowest BCUT2D eigenvalue weighted by molar-refractivity contribution is -0.126. The minimum absolute atomic E-state index is 0.0219. The quantitative estimate of drug-likeness (QED) is 0.264. The first-order chi connectivity index (χ1) is 20.5. The number of fused-ring (bicyclic) bond motifs is 7. The van der Waals surface area contributed by atoms with Gasteiger partial charge in [-0.1, -0.05) is 63.8 Å². The van der Waals surface area contributed by atoms with Gasteiger partial charge in [0.2, 0.25) is 11.8 Å². The molecule has 2 amide bonds. The van der Waals surface area contributed by atoms with Gasteiger partial charge in [-0.2, -0.15) is 0 Å². The van der Waals surface area contributed by atoms with E-state index in [0.717, 1.165) is 17.6 Å². The molecule has 2 heterocycles. The molecule has 1 saturated heterocycles. The third kappa shape index (κ3) is 4.05. The fraction of sp³-hybridized carbons (Fsp3) is 0.306. The maximum atomic E-state index is 13.7. The number of Topliss-reactive ketones (excluding diaryl/α,β-unsaturated/α-hetero) is 2. The molecule has 4 aliphatic rings. The molecule has 216 valence electrons. The number of rotatable bonds is 6. The molecule has 2 fully saturated rings. The highest BCUT2D eigenvalue weighted by atomic mass is 16.3. The van der Waals surface area contributed by atoms with Gasteiger partial charge in [-0.3, -0.25) is 19.2 Å². The second-order valence-corrected chi connectivity index (χ2v) is 13.1. The zero-order valence-corrected chi connectivity index (χ0v) is 24.4. The summed E-state index contributed by atoms with van der Waals surface area (Å²) in [6, 6.07) is 13.9. The van der Waals surface area contributed by atoms with Crippen LogP contribution in [0.5, 0.6) is 0 Å². The van der Waals surface area contributed by atoms with E-state index in [1.807, 2.05) is 32.9 Å². The van der Waals surface area contributed by atoms with Crippen LogP contribution in [-0.2, 0) is 14.4 Å². The van der Waals surface area contributed by atoms with Gasteiger partial charge in [0.1, 0.15) is 11.5 Å². The van der Waals surface area contributed by atoms with Gasteiger partial charge < -0.3 is 5.11 Å². The molecule has 7 heteroatoms. The van der Waals surface area contributed by atoms with Crippen molar-refractivity contribution in [3.63, 3.8) is 0 Å². The van der Waals surface area contributed by atoms with E-state index >= 15 is 0 Å². The topological polar surface area (TPSA) is 105 Å². The molecule has 2 bridgehead atoms. The van der Waals surface area contributed by atoms with Crippen LogP contribution in [0.15, 0.2) is 67.3 Å². The average Bonchev–Trinajstić information content (AvgIpc) is 3.72. The Bertz CT molecular complexity index is 1840. The van der Waals surface area contributed by atoms with Crippen LogP contribution in [0.4, 0.5) is 5.69 Å². The van der Waals surface area contributed by atoms with Gasteiger partial charge in [-0.05, 0) is 60.1 Å². The van der Waals surface area contributed by atoms with Crippen molar-refractivity contribution in [2.75, 3.05) is 4.90 Å². The van der Waals surface area contributed by atoms with Crippen LogP contribution in [-0.4, -0.2) is 33.5 Å². The Morgan fingerprint density at radius 1 is 0.953 bits per heavy atom. The summed E-state index contributed by atoms with van der Waals surface area (Å²) in [6.07, 6.45) is 5.76. The van der Waals surface area contributed by atoms with Gasteiger partial charge in [0.15, 0.2) is 5.78 Å². The molecule has 1 saturated carbocycles. The Kier molecular flexibility index (Phi) is 5.96. The molecule has 1 aromatic heterocycles. The lowest BCUT2D eigenvalue weighted by atomic mass is 9.85. The third-order valence-corrected chi connectivity index (χ3v) is 9.54. The molecule has 7 nitrogen and oxygen atoms in total. The van der Waals surface area contributed by atoms with Crippen LogP contribution in [0.3, 0.4) is 0 Å². The number of hydrogen-bond donors (Lipinski definition) is 1. The highest BCUT2D eigenvalue weighted by Gasteiger charge is 2.59. The molecule has 3 aliphatic carbocycles. The van der Waals surface area contributed by atoms with Gasteiger partial charge >= 0.3 is 0 Å². The zero-order chi connectivity index (χ0) is 30.4. The number of imide groups is 1. The normalized spacial score (nSPS) is 24.0. The zero-order valence-electron chi connectivity index (χ0n) is 24.4. The van der Waals surface area contributed by atoms with Crippen LogP contribution in [0.25, 0.3) is 27.8 Å². The van der Waals surface area contributed by atoms with Crippen molar-refractivity contribution < 1.29 is 24.3 Å². The number of nitrogens with zero attached hydrogens (tertiary/aromatic N) is 2. The first-order valence-electron chi connectivity index (χ1n) is 14.8. The Morgan fingerprint density at radius 3 is 2.30 bits per heavy atom. The largest absolute Gasteiger partial charge is 0.506 e. The number of amides is 2. The molecular weight excluding hydrogens is 540 g/mol. The van der Waals surface area contributed by atoms with Gasteiger partial charge in [0.25, 0.3) is 0 Å². The van der Waals surface area contributed by atoms with Crippen LogP contribution in [0.1, 0.15) is 67.2 Å². The van der Waals surface area contributed by atoms with E-state index in [-0.39, 0.29) is 64.1 Å². The first-order valence-corrected chi connectivity index (χ1v) is 14.8. The number of benzene rings is 2. The molecule has 0 radical (unpaired) electrons. The monoisotopic (exact) mass is 572 g/mol. The van der Waals surface area contributed by atoms with Crippen LogP contribution in [0.2, 0.25) is 0 Å². The Balaban J connectivity index is 1.27. The minimum Gasteiger partial charge on any atom is -0.506 e. The van der Waals surface area contributed by atoms with Gasteiger partial charge in [0, 0.05) is 28.3 Å². The summed E-state index contributed by atoms with van der Waals surface area (Å²) in [5, 5.41) is 12.0. The SMILES string of the molecule is C=C(CCC(=O)C(C)(C)C)c1ccc2c(c1)C(O)=C(c1cc(N3C(=O)C4C5C=CC(C5)C4C3=O)c3ccccc3n1)C2=O. The van der Waals surface area contributed by atoms with Crippen molar-refractivity contribution in [3.05, 3.63) is 89.6 Å². The number of carbonyl (C=O) groups excluding carboxylic acids is 4. The summed E-state index contributed by atoms with van der Waals surface area (Å²) in [7, 11) is 0. The van der Waals surface area contributed by atoms with Crippen molar-refractivity contribution in [2.24, 2.45) is 29.1 Å². The van der Waals surface area contributed by atoms with Gasteiger partial charge in [0.05, 0.1) is 34.3 Å². The van der Waals surface area contributed by atoms with Gasteiger partial charge in [-0.15, -0.1) is 0 Å². The molecule has 4 atom stereocenters. The van der Waals surface area contributed by atoms with E-state index in [0.29, 0.717) is 40.6 Å². The number of carbonyl (C=O) groups is 4. The van der Waals surface area contributed by atoms with E-state index < -0.39 is 5.41 Å². The van der Waals surface area contributed by atoms with E-state index in [2.05, 4.69) is 18.7 Å². The van der Waals surface area contributed by atoms with Crippen molar-refractivity contribution in [1.82, 2.24) is 4.98 Å². The highest BCUT2D eigenvalue weighted by molar-refractivity contribution is 6.39. The molecule has 1 N–H and O–H groups in total. The molecular formula is C36H32N2O5. The summed E-state index contributed by atoms with van der Waals surface area (Å²) in [5.41, 5.74) is 2.83. The first kappa shape index (κ1) is 27.2. The van der Waals surface area contributed by atoms with Crippen LogP contribution >= 0.6 is 0 Å². The number of aliphatic hydroxyl groups is 1. The number of aromatic nitrogens is 1. The molecule has 4 unspecified atom stereocenters. The van der Waals surface area contributed by atoms with Crippen molar-refractivity contribution in [1.29, 1.82) is 0 Å². The molecule has 0 spiro atoms. The molecule has 7 rings (SSSR count). The van der Waals surface area contributed by atoms with E-state index in [1.165, 1.54) is 4.90 Å². The molecule has 1 aliphatic heterocycles. The predicted octanol–water partition coefficient (Wildman–Crippen LogP) is 6.58. The number of para-hydroxylation sites is 1. The fourth-order valence-corrected chi connectivity index (χ4v) is 7.17. The maximum Gasteiger partial charge on any atom is 0.238 e. The second-order valence-electron chi connectivity index (χ2n) is 13.1. The lowest BCUT2D eigenvalue weighted by Crippen LogP contribution is -2.33. The number of ketones is 2. The Labute approximate surface area is 249 Å². The number of aliphatic hydroxyl groups excluding tert-OH is 1. The summed E-state index contributed by atoms with van der Waals surface area (Å²) >= 11 is 0. The Hall–Kier alpha value is -4.65. The van der Waals surface area contributed by atoms with Gasteiger partial charge in [-0.25, -0.2) is 9.88 Å². The average molecular weight is 573 g/mol. The number of anilines is 1. The summed E-state index contributed by atoms with van der Waals surface area (Å²) < 4.78 is 0. The molecule has 3 aromatic rings. The number of pyridine rings is 1. The lowest BCUT2D eigenvalue weighted by Gasteiger charge is -2.20. The maximum absolute atomic E-state index is 13.7. The number of hydrogen-bond acceptors (Lipinski definition) is 6. The number of allylic oxidation sites excluding steroid dienone is 4. The summed E-state index contributed by atoms with van der Waals surface area (Å²) in [4.78, 5) is 59.5. The molecule has 2 aromatic carbocycles. The summed E-state index contributed by atoms with van der Waals surface area (Å²) in [6.45, 7) is 9.81. The smallest absolute Gasteiger partial charge is 0.238 e. The minimum atomic E-state index is -0.439. The fourth-order valence-electron chi connectivity index (χ4n) is 7.17. The van der Waals surface area contributed by atoms with Crippen molar-refractivity contribution in [2.45, 2.75) is 40.0 Å². The third-order valence-electron chi connectivity index (χ3n) is 9.54. The van der Waals surface area contributed by atoms with Crippen molar-refractivity contribution in [3.8, 4) is 0 Å². The predicted molar refractivity (Wildman–Crippen MR) is 165 cm³/mol. The Morgan fingerprint density at radius 2 is 1.63 bits per heavy atom. The van der Waals surface area contributed by atoms with Crippen LogP contribution in [0, 0.1) is 29.1 Å². The van der Waals surface area contributed by atoms with E-state index in [9.17, 15) is 24.3 Å². The van der Waals surface area contributed by atoms with Crippen molar-refractivity contribution >= 4 is 56.9 Å². The van der Waals surface area contributed by atoms with E-state index in [1.54, 1.807) is 36.4 Å². The van der Waals surface area contributed by atoms with Crippen LogP contribution < -0.4 is 4.90 Å². The molecule has 43 heavy (non-hydrogen) atoms. The summed E-state index contributed by atoms with van der Waals surface area (Å²) in [5.74, 6) is -1.51. The highest BCUT2D eigenvalue weighted by Crippen LogP contribution is 2.54. The standard InChI is InChI=1S/C36H32N2O5/c1-18(9-14-28(39)36(2,3)4)19-12-13-22-24(16-19)33(41)31(32(22)40)26-17-27(23-7-5-6-8-25(23)37-26)38-34(42)29-20-10-11-21(15-20)30(29)35(38)43/h5-8,10-13,16-17,20-21,29-30,41H,1,9,14-15H2,2-4H3. The van der Waals surface area contributed by atoms with E-state index in [4.69, 9.17) is 4.98 Å².